The quantitative estimate of drug-likeness (QED) is 0.284. The van der Waals surface area contributed by atoms with Gasteiger partial charge in [0.25, 0.3) is 0 Å². The van der Waals surface area contributed by atoms with Gasteiger partial charge in [-0.05, 0) is 71.0 Å². The summed E-state index contributed by atoms with van der Waals surface area (Å²) in [7, 11) is 2.03. The number of likely N-dealkylation sites (tertiary alicyclic amines) is 2. The first-order chi connectivity index (χ1) is 18.2. The number of alkyl halides is 1. The summed E-state index contributed by atoms with van der Waals surface area (Å²) >= 11 is 0. The number of hydrogen-bond acceptors (Lipinski definition) is 6. The van der Waals surface area contributed by atoms with Crippen LogP contribution in [0.25, 0.3) is 0 Å². The number of nitrogens with one attached hydrogen (secondary N) is 2. The Labute approximate surface area is 227 Å². The van der Waals surface area contributed by atoms with E-state index in [-0.39, 0.29) is 23.9 Å². The second kappa shape index (κ2) is 11.5. The third kappa shape index (κ3) is 5.39. The number of nitrogens with two attached hydrogens (primary N) is 2. The highest BCUT2D eigenvalue weighted by Crippen LogP contribution is 2.53. The molecule has 214 valence electrons. The Balaban J connectivity index is 1.26. The molecule has 0 radical (unpaired) electrons. The lowest BCUT2D eigenvalue weighted by molar-refractivity contribution is -0.775. The lowest BCUT2D eigenvalue weighted by Crippen LogP contribution is -2.63. The molecule has 0 aromatic heterocycles. The molecule has 0 spiro atoms. The summed E-state index contributed by atoms with van der Waals surface area (Å²) in [6.45, 7) is 7.71. The van der Waals surface area contributed by atoms with Crippen molar-refractivity contribution in [3.63, 3.8) is 0 Å². The fraction of sp³-hybridized carbons (Fsp3) is 0.857. The zero-order valence-electron chi connectivity index (χ0n) is 23.3. The summed E-state index contributed by atoms with van der Waals surface area (Å²) < 4.78 is 15.2. The van der Waals surface area contributed by atoms with Gasteiger partial charge in [0.15, 0.2) is 11.4 Å². The Kier molecular flexibility index (Phi) is 8.45. The average molecular weight is 535 g/mol. The summed E-state index contributed by atoms with van der Waals surface area (Å²) in [4.78, 5) is 31.0. The number of carbonyl (C=O) groups is 2. The Bertz CT molecular complexity index is 917. The van der Waals surface area contributed by atoms with Gasteiger partial charge >= 0.3 is 0 Å². The number of amides is 2. The molecular weight excluding hydrogens is 485 g/mol. The number of quaternary nitrogens is 1. The minimum absolute atomic E-state index is 0.0618. The first-order valence-corrected chi connectivity index (χ1v) is 15.0. The molecule has 0 bridgehead atoms. The number of allylic oxidation sites excluding steroid dienone is 1. The molecule has 5 aliphatic heterocycles. The van der Waals surface area contributed by atoms with E-state index in [4.69, 9.17) is 11.5 Å². The highest BCUT2D eigenvalue weighted by Gasteiger charge is 2.62. The van der Waals surface area contributed by atoms with Crippen molar-refractivity contribution in [1.29, 1.82) is 0 Å². The van der Waals surface area contributed by atoms with E-state index in [2.05, 4.69) is 22.5 Å². The van der Waals surface area contributed by atoms with Crippen LogP contribution in [0, 0.1) is 17.8 Å². The number of carbonyl (C=O) groups excluding carboxylic acids is 2. The van der Waals surface area contributed by atoms with Crippen LogP contribution in [0.1, 0.15) is 58.3 Å². The number of hydrogen-bond donors (Lipinski definition) is 4. The van der Waals surface area contributed by atoms with Crippen molar-refractivity contribution in [3.05, 3.63) is 11.4 Å². The van der Waals surface area contributed by atoms with Crippen LogP contribution >= 0.6 is 0 Å². The van der Waals surface area contributed by atoms with Gasteiger partial charge in [0, 0.05) is 37.5 Å². The summed E-state index contributed by atoms with van der Waals surface area (Å²) in [5, 5.41) is 6.77. The van der Waals surface area contributed by atoms with Crippen LogP contribution in [0.3, 0.4) is 0 Å². The molecule has 2 amide bonds. The van der Waals surface area contributed by atoms with Crippen molar-refractivity contribution < 1.29 is 18.5 Å². The molecule has 38 heavy (non-hydrogen) atoms. The van der Waals surface area contributed by atoms with Gasteiger partial charge in [0.2, 0.25) is 11.8 Å². The first-order valence-electron chi connectivity index (χ1n) is 15.0. The van der Waals surface area contributed by atoms with E-state index in [9.17, 15) is 14.0 Å². The van der Waals surface area contributed by atoms with Crippen molar-refractivity contribution in [2.45, 2.75) is 82.7 Å². The molecular formula is C28H49FN7O2+. The maximum Gasteiger partial charge on any atom is 0.236 e. The van der Waals surface area contributed by atoms with Crippen LogP contribution < -0.4 is 22.1 Å². The summed E-state index contributed by atoms with van der Waals surface area (Å²) in [5.74, 6) is 0.00796. The smallest absolute Gasteiger partial charge is 0.236 e. The van der Waals surface area contributed by atoms with Gasteiger partial charge in [-0.25, -0.2) is 4.39 Å². The van der Waals surface area contributed by atoms with Gasteiger partial charge in [-0.15, -0.1) is 0 Å². The van der Waals surface area contributed by atoms with Gasteiger partial charge in [-0.2, -0.15) is 0 Å². The average Bonchev–Trinajstić information content (AvgIpc) is 3.41. The zero-order valence-corrected chi connectivity index (χ0v) is 23.3. The summed E-state index contributed by atoms with van der Waals surface area (Å²) in [6, 6.07) is 0.150. The molecule has 0 aromatic carbocycles. The van der Waals surface area contributed by atoms with Gasteiger partial charge in [-0.1, -0.05) is 6.92 Å². The molecule has 0 saturated carbocycles. The van der Waals surface area contributed by atoms with E-state index in [1.807, 2.05) is 11.9 Å². The Morgan fingerprint density at radius 1 is 1.11 bits per heavy atom. The number of piperidine rings is 2. The van der Waals surface area contributed by atoms with E-state index in [0.29, 0.717) is 35.8 Å². The maximum absolute atomic E-state index is 14.7. The minimum atomic E-state index is -0.883. The zero-order chi connectivity index (χ0) is 27.0. The first kappa shape index (κ1) is 28.0. The normalized spacial score (nSPS) is 35.7. The summed E-state index contributed by atoms with van der Waals surface area (Å²) in [6.07, 6.45) is 5.47. The second-order valence-corrected chi connectivity index (χ2v) is 12.5. The third-order valence-corrected chi connectivity index (χ3v) is 10.0. The van der Waals surface area contributed by atoms with E-state index in [1.165, 1.54) is 5.70 Å². The lowest BCUT2D eigenvalue weighted by atomic mass is 9.90. The molecule has 10 heteroatoms. The highest BCUT2D eigenvalue weighted by molar-refractivity contribution is 5.83. The van der Waals surface area contributed by atoms with Crippen LogP contribution in [-0.2, 0) is 9.59 Å². The Morgan fingerprint density at radius 3 is 2.47 bits per heavy atom. The molecule has 5 rings (SSSR count). The molecule has 4 fully saturated rings. The molecule has 6 atom stereocenters. The standard InChI is InChI=1S/C28H48FN7O2/c1-3-18-6-4-7-20(29)17-36(2)24(18)25(36)23(26(30)31)27(37)33-21-16-32-11-8-22(21)34-14-9-19(10-15-34)28(38)35-12-5-13-35/h18-23,26,32H,3-17,30-31H2,1-2H3/p+1. The van der Waals surface area contributed by atoms with E-state index in [1.54, 1.807) is 0 Å². The Hall–Kier alpha value is -1.59. The maximum atomic E-state index is 14.7. The van der Waals surface area contributed by atoms with Crippen LogP contribution in [0.15, 0.2) is 11.4 Å². The van der Waals surface area contributed by atoms with E-state index < -0.39 is 18.3 Å². The fourth-order valence-electron chi connectivity index (χ4n) is 7.75. The van der Waals surface area contributed by atoms with Crippen LogP contribution in [0.4, 0.5) is 4.39 Å². The van der Waals surface area contributed by atoms with Gasteiger partial charge < -0.3 is 27.0 Å². The largest absolute Gasteiger partial charge is 0.350 e. The van der Waals surface area contributed by atoms with Crippen LogP contribution in [-0.4, -0.2) is 103 Å². The van der Waals surface area contributed by atoms with Crippen molar-refractivity contribution in [2.75, 3.05) is 52.9 Å². The fourth-order valence-corrected chi connectivity index (χ4v) is 7.75. The molecule has 4 saturated heterocycles. The van der Waals surface area contributed by atoms with E-state index in [0.717, 1.165) is 83.4 Å². The van der Waals surface area contributed by atoms with Crippen molar-refractivity contribution >= 4 is 11.8 Å². The van der Waals surface area contributed by atoms with Gasteiger partial charge in [0.05, 0.1) is 19.3 Å². The summed E-state index contributed by atoms with van der Waals surface area (Å²) in [5.41, 5.74) is 14.7. The highest BCUT2D eigenvalue weighted by atomic mass is 19.1. The van der Waals surface area contributed by atoms with Crippen LogP contribution in [0.5, 0.6) is 0 Å². The number of nitrogens with zero attached hydrogens (tertiary/aromatic N) is 3. The topological polar surface area (TPSA) is 117 Å². The third-order valence-electron chi connectivity index (χ3n) is 10.0. The molecule has 0 aliphatic carbocycles. The Morgan fingerprint density at radius 2 is 1.84 bits per heavy atom. The van der Waals surface area contributed by atoms with Crippen molar-refractivity contribution in [3.8, 4) is 0 Å². The molecule has 9 nitrogen and oxygen atoms in total. The molecule has 5 aliphatic rings. The number of fused-ring (bicyclic) bond motifs is 1. The SMILES string of the molecule is CCC1CCCC(F)C[N+]2(C)C1=C2C(C(=O)NC1CNCCC1N1CCC(C(=O)N2CCC2)CC1)C(N)N. The van der Waals surface area contributed by atoms with Crippen molar-refractivity contribution in [2.24, 2.45) is 29.2 Å². The van der Waals surface area contributed by atoms with E-state index >= 15 is 0 Å². The molecule has 6 unspecified atom stereocenters. The monoisotopic (exact) mass is 534 g/mol. The predicted octanol–water partition coefficient (Wildman–Crippen LogP) is 0.857. The molecule has 6 N–H and O–H groups in total. The predicted molar refractivity (Wildman–Crippen MR) is 145 cm³/mol. The molecule has 5 heterocycles. The second-order valence-electron chi connectivity index (χ2n) is 12.5. The van der Waals surface area contributed by atoms with Crippen LogP contribution in [0.2, 0.25) is 0 Å². The minimum Gasteiger partial charge on any atom is -0.350 e. The van der Waals surface area contributed by atoms with Gasteiger partial charge in [-0.3, -0.25) is 19.0 Å². The lowest BCUT2D eigenvalue weighted by Gasteiger charge is -2.44. The van der Waals surface area contributed by atoms with Gasteiger partial charge in [0.1, 0.15) is 18.6 Å². The number of rotatable bonds is 7. The molecule has 0 aromatic rings. The van der Waals surface area contributed by atoms with Crippen molar-refractivity contribution in [1.82, 2.24) is 20.4 Å². The number of halogens is 1.